The highest BCUT2D eigenvalue weighted by Crippen LogP contribution is 2.23. The first kappa shape index (κ1) is 15.4. The Kier molecular flexibility index (Phi) is 4.70. The molecule has 0 aliphatic rings. The average molecular weight is 442 g/mol. The van der Waals surface area contributed by atoms with Crippen LogP contribution in [-0.2, 0) is 6.54 Å². The van der Waals surface area contributed by atoms with Gasteiger partial charge in [-0.25, -0.2) is 9.67 Å². The van der Waals surface area contributed by atoms with Crippen LogP contribution in [0.4, 0.5) is 5.95 Å². The molecule has 1 N–H and O–H groups in total. The second-order valence-corrected chi connectivity index (χ2v) is 7.13. The van der Waals surface area contributed by atoms with Crippen LogP contribution >= 0.6 is 43.2 Å². The summed E-state index contributed by atoms with van der Waals surface area (Å²) in [6.45, 7) is 0.588. The fraction of sp³-hybridized carbons (Fsp3) is 0.0714. The van der Waals surface area contributed by atoms with E-state index < -0.39 is 0 Å². The van der Waals surface area contributed by atoms with Crippen LogP contribution in [0.25, 0.3) is 0 Å². The molecule has 0 saturated carbocycles. The van der Waals surface area contributed by atoms with Gasteiger partial charge in [-0.05, 0) is 45.1 Å². The van der Waals surface area contributed by atoms with Crippen LogP contribution in [0, 0.1) is 0 Å². The van der Waals surface area contributed by atoms with Gasteiger partial charge in [-0.2, -0.15) is 0 Å². The van der Waals surface area contributed by atoms with Gasteiger partial charge in [-0.1, -0.05) is 28.1 Å². The summed E-state index contributed by atoms with van der Waals surface area (Å²) in [5.74, 6) is 0.0716. The fourth-order valence-corrected chi connectivity index (χ4v) is 3.76. The largest absolute Gasteiger partial charge is 0.288 e. The maximum atomic E-state index is 12.1. The lowest BCUT2D eigenvalue weighted by Crippen LogP contribution is -2.12. The molecule has 1 amide bonds. The van der Waals surface area contributed by atoms with Crippen molar-refractivity contribution in [2.75, 3.05) is 5.32 Å². The zero-order chi connectivity index (χ0) is 15.5. The zero-order valence-corrected chi connectivity index (χ0v) is 15.2. The van der Waals surface area contributed by atoms with Crippen LogP contribution in [0.5, 0.6) is 0 Å². The number of aromatic nitrogens is 3. The smallest absolute Gasteiger partial charge is 0.269 e. The molecular weight excluding hydrogens is 432 g/mol. The van der Waals surface area contributed by atoms with Crippen molar-refractivity contribution in [1.82, 2.24) is 14.8 Å². The summed E-state index contributed by atoms with van der Waals surface area (Å²) in [4.78, 5) is 16.8. The molecule has 0 aliphatic carbocycles. The number of anilines is 1. The van der Waals surface area contributed by atoms with Gasteiger partial charge >= 0.3 is 0 Å². The van der Waals surface area contributed by atoms with Crippen LogP contribution in [0.3, 0.4) is 0 Å². The van der Waals surface area contributed by atoms with Gasteiger partial charge in [0.05, 0.1) is 6.54 Å². The summed E-state index contributed by atoms with van der Waals surface area (Å²) >= 11 is 8.13. The van der Waals surface area contributed by atoms with E-state index >= 15 is 0 Å². The first-order chi connectivity index (χ1) is 10.6. The minimum absolute atomic E-state index is 0.220. The van der Waals surface area contributed by atoms with Crippen molar-refractivity contribution < 1.29 is 4.79 Å². The van der Waals surface area contributed by atoms with Crippen molar-refractivity contribution in [3.8, 4) is 0 Å². The average Bonchev–Trinajstić information content (AvgIpc) is 3.08. The number of halogens is 2. The van der Waals surface area contributed by atoms with Gasteiger partial charge in [0.1, 0.15) is 11.2 Å². The van der Waals surface area contributed by atoms with Crippen LogP contribution in [0.2, 0.25) is 0 Å². The van der Waals surface area contributed by atoms with Crippen molar-refractivity contribution in [2.24, 2.45) is 0 Å². The summed E-state index contributed by atoms with van der Waals surface area (Å²) in [6, 6.07) is 9.79. The minimum Gasteiger partial charge on any atom is -0.288 e. The third-order valence-corrected chi connectivity index (χ3v) is 5.15. The van der Waals surface area contributed by atoms with E-state index in [0.29, 0.717) is 17.4 Å². The summed E-state index contributed by atoms with van der Waals surface area (Å²) in [5, 5.41) is 8.80. The molecule has 0 spiro atoms. The molecule has 0 aliphatic heterocycles. The number of hydrogen-bond acceptors (Lipinski definition) is 4. The predicted octanol–water partition coefficient (Wildman–Crippen LogP) is 4.17. The van der Waals surface area contributed by atoms with Crippen LogP contribution in [0.1, 0.15) is 15.2 Å². The fourth-order valence-electron chi connectivity index (χ4n) is 1.86. The van der Waals surface area contributed by atoms with Gasteiger partial charge in [0, 0.05) is 8.95 Å². The number of hydrogen-bond donors (Lipinski definition) is 1. The number of thiophene rings is 1. The molecule has 22 heavy (non-hydrogen) atoms. The lowest BCUT2D eigenvalue weighted by atomic mass is 10.2. The lowest BCUT2D eigenvalue weighted by molar-refractivity contribution is 0.102. The van der Waals surface area contributed by atoms with Gasteiger partial charge in [-0.15, -0.1) is 16.4 Å². The van der Waals surface area contributed by atoms with Crippen molar-refractivity contribution in [1.29, 1.82) is 0 Å². The number of carbonyl (C=O) groups is 1. The molecule has 8 heteroatoms. The third-order valence-electron chi connectivity index (χ3n) is 2.82. The molecule has 0 atom stereocenters. The lowest BCUT2D eigenvalue weighted by Gasteiger charge is -2.02. The van der Waals surface area contributed by atoms with Crippen molar-refractivity contribution in [2.45, 2.75) is 6.54 Å². The van der Waals surface area contributed by atoms with Gasteiger partial charge in [0.2, 0.25) is 5.95 Å². The first-order valence-corrected chi connectivity index (χ1v) is 8.76. The Morgan fingerprint density at radius 2 is 2.18 bits per heavy atom. The number of nitrogens with zero attached hydrogens (tertiary/aromatic N) is 3. The topological polar surface area (TPSA) is 59.8 Å². The molecule has 5 nitrogen and oxygen atoms in total. The van der Waals surface area contributed by atoms with E-state index in [2.05, 4.69) is 47.3 Å². The second-order valence-electron chi connectivity index (χ2n) is 4.45. The summed E-state index contributed by atoms with van der Waals surface area (Å²) in [6.07, 6.45) is 1.60. The van der Waals surface area contributed by atoms with Gasteiger partial charge in [0.25, 0.3) is 5.91 Å². The summed E-state index contributed by atoms with van der Waals surface area (Å²) in [5.41, 5.74) is 1.10. The predicted molar refractivity (Wildman–Crippen MR) is 93.2 cm³/mol. The Hall–Kier alpha value is -1.51. The SMILES string of the molecule is O=C(Nc1ncn(Cc2cccc(Br)c2)n1)c1sccc1Br. The molecule has 3 aromatic rings. The van der Waals surface area contributed by atoms with Crippen LogP contribution in [0.15, 0.2) is 51.0 Å². The molecule has 0 fully saturated rings. The molecule has 0 bridgehead atoms. The van der Waals surface area contributed by atoms with E-state index in [1.807, 2.05) is 35.7 Å². The summed E-state index contributed by atoms with van der Waals surface area (Å²) < 4.78 is 3.46. The Bertz CT molecular complexity index is 815. The van der Waals surface area contributed by atoms with Crippen molar-refractivity contribution in [3.63, 3.8) is 0 Å². The number of amides is 1. The molecule has 0 saturated heterocycles. The van der Waals surface area contributed by atoms with Gasteiger partial charge in [0.15, 0.2) is 0 Å². The zero-order valence-electron chi connectivity index (χ0n) is 11.2. The van der Waals surface area contributed by atoms with E-state index in [9.17, 15) is 4.79 Å². The quantitative estimate of drug-likeness (QED) is 0.661. The molecule has 112 valence electrons. The molecule has 3 rings (SSSR count). The number of carbonyl (C=O) groups excluding carboxylic acids is 1. The molecule has 2 heterocycles. The highest BCUT2D eigenvalue weighted by Gasteiger charge is 2.13. The van der Waals surface area contributed by atoms with E-state index in [0.717, 1.165) is 14.5 Å². The number of benzene rings is 1. The van der Waals surface area contributed by atoms with Crippen molar-refractivity contribution >= 4 is 55.1 Å². The number of nitrogens with one attached hydrogen (secondary N) is 1. The van der Waals surface area contributed by atoms with E-state index in [4.69, 9.17) is 0 Å². The summed E-state index contributed by atoms with van der Waals surface area (Å²) in [7, 11) is 0. The van der Waals surface area contributed by atoms with Gasteiger partial charge in [-0.3, -0.25) is 10.1 Å². The van der Waals surface area contributed by atoms with Crippen molar-refractivity contribution in [3.05, 3.63) is 61.4 Å². The minimum atomic E-state index is -0.220. The van der Waals surface area contributed by atoms with E-state index in [-0.39, 0.29) is 5.91 Å². The van der Waals surface area contributed by atoms with Crippen LogP contribution in [-0.4, -0.2) is 20.7 Å². The maximum absolute atomic E-state index is 12.1. The van der Waals surface area contributed by atoms with Gasteiger partial charge < -0.3 is 0 Å². The standard InChI is InChI=1S/C14H10Br2N4OS/c15-10-3-1-2-9(6-10)7-20-8-17-14(19-20)18-13(21)12-11(16)4-5-22-12/h1-6,8H,7H2,(H,18,19,21). The highest BCUT2D eigenvalue weighted by molar-refractivity contribution is 9.10. The number of rotatable bonds is 4. The highest BCUT2D eigenvalue weighted by atomic mass is 79.9. The van der Waals surface area contributed by atoms with Crippen LogP contribution < -0.4 is 5.32 Å². The molecular formula is C14H10Br2N4OS. The Morgan fingerprint density at radius 1 is 1.32 bits per heavy atom. The second kappa shape index (κ2) is 6.72. The molecule has 1 aromatic carbocycles. The van der Waals surface area contributed by atoms with E-state index in [1.54, 1.807) is 11.0 Å². The molecule has 0 radical (unpaired) electrons. The third kappa shape index (κ3) is 3.63. The first-order valence-electron chi connectivity index (χ1n) is 6.30. The molecule has 0 unspecified atom stereocenters. The van der Waals surface area contributed by atoms with E-state index in [1.165, 1.54) is 11.3 Å². The monoisotopic (exact) mass is 440 g/mol. The maximum Gasteiger partial charge on any atom is 0.269 e. The Morgan fingerprint density at radius 3 is 2.91 bits per heavy atom. The molecule has 2 aromatic heterocycles. The Balaban J connectivity index is 1.69. The Labute approximate surface area is 147 Å². The normalized spacial score (nSPS) is 10.6.